The molecule has 6 heteroatoms. The summed E-state index contributed by atoms with van der Waals surface area (Å²) in [6.07, 6.45) is 1.50. The van der Waals surface area contributed by atoms with Crippen LogP contribution in [0.2, 0.25) is 0 Å². The molecule has 1 aliphatic rings. The van der Waals surface area contributed by atoms with E-state index in [0.717, 1.165) is 12.8 Å². The Morgan fingerprint density at radius 2 is 2.33 bits per heavy atom. The van der Waals surface area contributed by atoms with Gasteiger partial charge in [0.05, 0.1) is 17.6 Å². The third kappa shape index (κ3) is 3.13. The van der Waals surface area contributed by atoms with Crippen LogP contribution >= 0.6 is 0 Å². The Kier molecular flexibility index (Phi) is 4.06. The van der Waals surface area contributed by atoms with E-state index >= 15 is 0 Å². The lowest BCUT2D eigenvalue weighted by Crippen LogP contribution is -2.25. The SMILES string of the molecule is CCOc1cccc(NCC2CCCS2(=O)=O)n1. The van der Waals surface area contributed by atoms with Crippen LogP contribution in [0.1, 0.15) is 19.8 Å². The molecule has 2 heterocycles. The van der Waals surface area contributed by atoms with Crippen molar-refractivity contribution in [3.63, 3.8) is 0 Å². The zero-order valence-electron chi connectivity index (χ0n) is 10.4. The number of sulfone groups is 1. The van der Waals surface area contributed by atoms with Crippen LogP contribution in [-0.2, 0) is 9.84 Å². The highest BCUT2D eigenvalue weighted by atomic mass is 32.2. The molecular weight excluding hydrogens is 252 g/mol. The summed E-state index contributed by atoms with van der Waals surface area (Å²) in [6, 6.07) is 5.43. The zero-order chi connectivity index (χ0) is 13.0. The Morgan fingerprint density at radius 3 is 3.00 bits per heavy atom. The van der Waals surface area contributed by atoms with Crippen molar-refractivity contribution in [2.75, 3.05) is 24.2 Å². The molecule has 18 heavy (non-hydrogen) atoms. The maximum absolute atomic E-state index is 11.7. The Hall–Kier alpha value is -1.30. The molecule has 1 fully saturated rings. The summed E-state index contributed by atoms with van der Waals surface area (Å²) in [5.41, 5.74) is 0. The Bertz CT molecular complexity index is 502. The van der Waals surface area contributed by atoms with Gasteiger partial charge in [-0.1, -0.05) is 6.07 Å². The summed E-state index contributed by atoms with van der Waals surface area (Å²) in [6.45, 7) is 2.88. The van der Waals surface area contributed by atoms with E-state index in [-0.39, 0.29) is 5.25 Å². The van der Waals surface area contributed by atoms with E-state index in [1.165, 1.54) is 0 Å². The van der Waals surface area contributed by atoms with Gasteiger partial charge in [-0.15, -0.1) is 0 Å². The van der Waals surface area contributed by atoms with Gasteiger partial charge >= 0.3 is 0 Å². The van der Waals surface area contributed by atoms with Crippen LogP contribution in [0.5, 0.6) is 5.88 Å². The van der Waals surface area contributed by atoms with Gasteiger partial charge in [0.1, 0.15) is 5.82 Å². The van der Waals surface area contributed by atoms with Gasteiger partial charge in [-0.3, -0.25) is 0 Å². The molecule has 1 unspecified atom stereocenters. The molecule has 1 aliphatic heterocycles. The molecule has 0 bridgehead atoms. The molecule has 0 amide bonds. The van der Waals surface area contributed by atoms with E-state index in [0.29, 0.717) is 30.6 Å². The molecule has 2 rings (SSSR count). The first-order chi connectivity index (χ1) is 8.62. The molecule has 0 aliphatic carbocycles. The van der Waals surface area contributed by atoms with Crippen molar-refractivity contribution in [3.8, 4) is 5.88 Å². The molecule has 0 aromatic carbocycles. The number of hydrogen-bond acceptors (Lipinski definition) is 5. The van der Waals surface area contributed by atoms with Crippen LogP contribution < -0.4 is 10.1 Å². The summed E-state index contributed by atoms with van der Waals surface area (Å²) >= 11 is 0. The second kappa shape index (κ2) is 5.56. The van der Waals surface area contributed by atoms with E-state index in [9.17, 15) is 8.42 Å². The maximum atomic E-state index is 11.7. The molecule has 0 saturated carbocycles. The molecular formula is C12H18N2O3S. The van der Waals surface area contributed by atoms with Crippen molar-refractivity contribution in [2.45, 2.75) is 25.0 Å². The average molecular weight is 270 g/mol. The Labute approximate surface area is 107 Å². The molecule has 5 nitrogen and oxygen atoms in total. The number of hydrogen-bond donors (Lipinski definition) is 1. The fourth-order valence-corrected chi connectivity index (χ4v) is 3.81. The maximum Gasteiger partial charge on any atom is 0.215 e. The van der Waals surface area contributed by atoms with Crippen LogP contribution in [0, 0.1) is 0 Å². The quantitative estimate of drug-likeness (QED) is 0.877. The fourth-order valence-electron chi connectivity index (χ4n) is 2.05. The standard InChI is InChI=1S/C12H18N2O3S/c1-2-17-12-7-3-6-11(14-12)13-9-10-5-4-8-18(10,15)16/h3,6-7,10H,2,4-5,8-9H2,1H3,(H,13,14). The molecule has 0 spiro atoms. The summed E-state index contributed by atoms with van der Waals surface area (Å²) in [5.74, 6) is 1.52. The summed E-state index contributed by atoms with van der Waals surface area (Å²) in [4.78, 5) is 4.24. The first kappa shape index (κ1) is 13.1. The van der Waals surface area contributed by atoms with E-state index < -0.39 is 9.84 Å². The van der Waals surface area contributed by atoms with Gasteiger partial charge in [0.2, 0.25) is 5.88 Å². The second-order valence-corrected chi connectivity index (χ2v) is 6.71. The van der Waals surface area contributed by atoms with E-state index in [1.807, 2.05) is 19.1 Å². The van der Waals surface area contributed by atoms with Crippen molar-refractivity contribution in [1.29, 1.82) is 0 Å². The monoisotopic (exact) mass is 270 g/mol. The molecule has 1 atom stereocenters. The van der Waals surface area contributed by atoms with Crippen LogP contribution in [0.3, 0.4) is 0 Å². The third-order valence-corrected chi connectivity index (χ3v) is 5.27. The number of nitrogens with zero attached hydrogens (tertiary/aromatic N) is 1. The summed E-state index contributed by atoms with van der Waals surface area (Å²) in [5, 5.41) is 2.79. The van der Waals surface area contributed by atoms with Crippen LogP contribution in [0.4, 0.5) is 5.82 Å². The molecule has 1 N–H and O–H groups in total. The minimum atomic E-state index is -2.90. The highest BCUT2D eigenvalue weighted by molar-refractivity contribution is 7.92. The Morgan fingerprint density at radius 1 is 1.50 bits per heavy atom. The average Bonchev–Trinajstić information content (AvgIpc) is 2.67. The van der Waals surface area contributed by atoms with Gasteiger partial charge in [-0.05, 0) is 25.8 Å². The first-order valence-corrected chi connectivity index (χ1v) is 7.88. The molecule has 1 saturated heterocycles. The molecule has 0 radical (unpaired) electrons. The van der Waals surface area contributed by atoms with E-state index in [4.69, 9.17) is 4.74 Å². The normalized spacial score (nSPS) is 21.7. The van der Waals surface area contributed by atoms with Crippen LogP contribution in [0.25, 0.3) is 0 Å². The van der Waals surface area contributed by atoms with Gasteiger partial charge in [0.15, 0.2) is 9.84 Å². The lowest BCUT2D eigenvalue weighted by molar-refractivity contribution is 0.327. The highest BCUT2D eigenvalue weighted by Crippen LogP contribution is 2.20. The lowest BCUT2D eigenvalue weighted by Gasteiger charge is -2.11. The number of pyridine rings is 1. The minimum absolute atomic E-state index is 0.282. The largest absolute Gasteiger partial charge is 0.478 e. The highest BCUT2D eigenvalue weighted by Gasteiger charge is 2.30. The second-order valence-electron chi connectivity index (χ2n) is 4.31. The zero-order valence-corrected chi connectivity index (χ0v) is 11.2. The Balaban J connectivity index is 1.96. The minimum Gasteiger partial charge on any atom is -0.478 e. The van der Waals surface area contributed by atoms with Gasteiger partial charge in [-0.2, -0.15) is 4.98 Å². The van der Waals surface area contributed by atoms with Crippen molar-refractivity contribution in [1.82, 2.24) is 4.98 Å². The smallest absolute Gasteiger partial charge is 0.215 e. The predicted octanol–water partition coefficient (Wildman–Crippen LogP) is 1.47. The van der Waals surface area contributed by atoms with Crippen LogP contribution in [0.15, 0.2) is 18.2 Å². The van der Waals surface area contributed by atoms with Crippen LogP contribution in [-0.4, -0.2) is 37.6 Å². The summed E-state index contributed by atoms with van der Waals surface area (Å²) in [7, 11) is -2.90. The summed E-state index contributed by atoms with van der Waals surface area (Å²) < 4.78 is 28.6. The van der Waals surface area contributed by atoms with Gasteiger partial charge in [0.25, 0.3) is 0 Å². The number of aromatic nitrogens is 1. The lowest BCUT2D eigenvalue weighted by atomic mass is 10.2. The van der Waals surface area contributed by atoms with Crippen molar-refractivity contribution < 1.29 is 13.2 Å². The van der Waals surface area contributed by atoms with Crippen molar-refractivity contribution >= 4 is 15.7 Å². The van der Waals surface area contributed by atoms with E-state index in [2.05, 4.69) is 10.3 Å². The number of anilines is 1. The van der Waals surface area contributed by atoms with E-state index in [1.54, 1.807) is 6.07 Å². The van der Waals surface area contributed by atoms with Crippen molar-refractivity contribution in [2.24, 2.45) is 0 Å². The van der Waals surface area contributed by atoms with Gasteiger partial charge < -0.3 is 10.1 Å². The fraction of sp³-hybridized carbons (Fsp3) is 0.583. The predicted molar refractivity (Wildman–Crippen MR) is 70.7 cm³/mol. The van der Waals surface area contributed by atoms with Gasteiger partial charge in [-0.25, -0.2) is 8.42 Å². The first-order valence-electron chi connectivity index (χ1n) is 6.17. The topological polar surface area (TPSA) is 68.3 Å². The number of ether oxygens (including phenoxy) is 1. The third-order valence-electron chi connectivity index (χ3n) is 2.99. The number of nitrogens with one attached hydrogen (secondary N) is 1. The number of rotatable bonds is 5. The molecule has 1 aromatic heterocycles. The molecule has 100 valence electrons. The molecule has 1 aromatic rings. The van der Waals surface area contributed by atoms with Gasteiger partial charge in [0, 0.05) is 12.6 Å². The van der Waals surface area contributed by atoms with Crippen molar-refractivity contribution in [3.05, 3.63) is 18.2 Å².